The zero-order valence-electron chi connectivity index (χ0n) is 11.4. The fraction of sp³-hybridized carbons (Fsp3) is 0.733. The van der Waals surface area contributed by atoms with Crippen LogP contribution in [0.4, 0.5) is 0 Å². The lowest BCUT2D eigenvalue weighted by Crippen LogP contribution is -2.23. The van der Waals surface area contributed by atoms with Gasteiger partial charge < -0.3 is 14.9 Å². The molecule has 0 radical (unpaired) electrons. The first kappa shape index (κ1) is 12.4. The van der Waals surface area contributed by atoms with Crippen molar-refractivity contribution in [3.63, 3.8) is 0 Å². The number of hydrogen-bond donors (Lipinski definition) is 2. The normalized spacial score (nSPS) is 38.8. The van der Waals surface area contributed by atoms with Gasteiger partial charge in [-0.1, -0.05) is 25.0 Å². The summed E-state index contributed by atoms with van der Waals surface area (Å²) in [5.41, 5.74) is 4.84. The summed E-state index contributed by atoms with van der Waals surface area (Å²) in [4.78, 5) is 0. The quantitative estimate of drug-likeness (QED) is 0.648. The van der Waals surface area contributed by atoms with E-state index in [0.717, 1.165) is 30.4 Å². The van der Waals surface area contributed by atoms with Gasteiger partial charge in [-0.2, -0.15) is 0 Å². The largest absolute Gasteiger partial charge is 0.388 e. The molecular formula is C15H22O3. The highest BCUT2D eigenvalue weighted by atomic mass is 16.6. The van der Waals surface area contributed by atoms with Crippen molar-refractivity contribution in [2.45, 2.75) is 52.4 Å². The minimum Gasteiger partial charge on any atom is -0.388 e. The molecule has 2 N–H and O–H groups in total. The highest BCUT2D eigenvalue weighted by Gasteiger charge is 2.44. The standard InChI is InChI=1S/C15H22O3/c1-8-4-9-12(7-18-14(9)17)13(16)11-6-15(2,3)5-10(8)11/h11,13-14,16-17H,4-7H2,1-3H3/t11-,13+,14+/m1/s1. The van der Waals surface area contributed by atoms with E-state index in [0.29, 0.717) is 6.61 Å². The first-order valence-corrected chi connectivity index (χ1v) is 6.77. The van der Waals surface area contributed by atoms with Crippen LogP contribution >= 0.6 is 0 Å². The first-order chi connectivity index (χ1) is 8.39. The molecule has 0 aromatic heterocycles. The molecular weight excluding hydrogens is 228 g/mol. The second kappa shape index (κ2) is 3.92. The van der Waals surface area contributed by atoms with Gasteiger partial charge in [-0.15, -0.1) is 0 Å². The zero-order valence-corrected chi connectivity index (χ0v) is 11.4. The molecule has 100 valence electrons. The zero-order chi connectivity index (χ0) is 13.1. The molecule has 1 aliphatic heterocycles. The van der Waals surface area contributed by atoms with Crippen LogP contribution < -0.4 is 0 Å². The van der Waals surface area contributed by atoms with E-state index in [1.54, 1.807) is 0 Å². The molecule has 0 aromatic rings. The summed E-state index contributed by atoms with van der Waals surface area (Å²) in [5, 5.41) is 20.5. The van der Waals surface area contributed by atoms with E-state index in [2.05, 4.69) is 20.8 Å². The Hall–Kier alpha value is -0.640. The molecule has 0 unspecified atom stereocenters. The van der Waals surface area contributed by atoms with Crippen molar-refractivity contribution in [3.05, 3.63) is 22.3 Å². The summed E-state index contributed by atoms with van der Waals surface area (Å²) < 4.78 is 5.27. The van der Waals surface area contributed by atoms with E-state index >= 15 is 0 Å². The van der Waals surface area contributed by atoms with Crippen LogP contribution in [0, 0.1) is 11.3 Å². The number of allylic oxidation sites excluding steroid dienone is 1. The van der Waals surface area contributed by atoms with Gasteiger partial charge in [0.25, 0.3) is 0 Å². The summed E-state index contributed by atoms with van der Waals surface area (Å²) in [6, 6.07) is 0. The second-order valence-electron chi connectivity index (χ2n) is 6.79. The van der Waals surface area contributed by atoms with E-state index in [1.807, 2.05) is 0 Å². The number of aliphatic hydroxyl groups excluding tert-OH is 2. The van der Waals surface area contributed by atoms with Gasteiger partial charge in [-0.05, 0) is 42.7 Å². The SMILES string of the molecule is CC1=C2CC(C)(C)C[C@H]2[C@H](O)C2=C(C1)[C@@H](O)OC2. The van der Waals surface area contributed by atoms with E-state index in [9.17, 15) is 10.2 Å². The van der Waals surface area contributed by atoms with Crippen LogP contribution in [0.1, 0.15) is 40.0 Å². The lowest BCUT2D eigenvalue weighted by Gasteiger charge is -2.21. The number of rotatable bonds is 0. The van der Waals surface area contributed by atoms with E-state index in [-0.39, 0.29) is 11.3 Å². The lowest BCUT2D eigenvalue weighted by molar-refractivity contribution is -0.0488. The van der Waals surface area contributed by atoms with Crippen LogP contribution in [-0.4, -0.2) is 29.2 Å². The Kier molecular flexibility index (Phi) is 2.70. The minimum absolute atomic E-state index is 0.224. The first-order valence-electron chi connectivity index (χ1n) is 6.77. The van der Waals surface area contributed by atoms with Gasteiger partial charge in [-0.3, -0.25) is 0 Å². The Bertz CT molecular complexity index is 445. The van der Waals surface area contributed by atoms with Gasteiger partial charge in [0.15, 0.2) is 6.29 Å². The summed E-state index contributed by atoms with van der Waals surface area (Å²) in [7, 11) is 0. The molecule has 1 saturated carbocycles. The third-order valence-corrected chi connectivity index (χ3v) is 4.74. The smallest absolute Gasteiger partial charge is 0.178 e. The third-order valence-electron chi connectivity index (χ3n) is 4.74. The van der Waals surface area contributed by atoms with Crippen molar-refractivity contribution in [1.29, 1.82) is 0 Å². The average Bonchev–Trinajstić information content (AvgIpc) is 2.77. The van der Waals surface area contributed by atoms with Gasteiger partial charge in [0.05, 0.1) is 12.7 Å². The maximum absolute atomic E-state index is 10.6. The van der Waals surface area contributed by atoms with Gasteiger partial charge in [0.2, 0.25) is 0 Å². The van der Waals surface area contributed by atoms with Crippen LogP contribution in [0.3, 0.4) is 0 Å². The number of aliphatic hydroxyl groups is 2. The van der Waals surface area contributed by atoms with Crippen molar-refractivity contribution in [2.75, 3.05) is 6.61 Å². The highest BCUT2D eigenvalue weighted by molar-refractivity contribution is 5.39. The molecule has 0 amide bonds. The molecule has 1 heterocycles. The lowest BCUT2D eigenvalue weighted by atomic mass is 9.87. The molecule has 3 atom stereocenters. The Balaban J connectivity index is 2.02. The predicted octanol–water partition coefficient (Wildman–Crippen LogP) is 2.15. The second-order valence-corrected chi connectivity index (χ2v) is 6.79. The van der Waals surface area contributed by atoms with Gasteiger partial charge in [-0.25, -0.2) is 0 Å². The molecule has 3 aliphatic rings. The Morgan fingerprint density at radius 2 is 1.89 bits per heavy atom. The van der Waals surface area contributed by atoms with Crippen LogP contribution in [0.5, 0.6) is 0 Å². The molecule has 3 nitrogen and oxygen atoms in total. The number of hydrogen-bond acceptors (Lipinski definition) is 3. The maximum atomic E-state index is 10.6. The predicted molar refractivity (Wildman–Crippen MR) is 68.8 cm³/mol. The highest BCUT2D eigenvalue weighted by Crippen LogP contribution is 2.51. The molecule has 3 rings (SSSR count). The summed E-state index contributed by atoms with van der Waals surface area (Å²) in [6.07, 6.45) is 1.57. The van der Waals surface area contributed by atoms with E-state index in [1.165, 1.54) is 11.1 Å². The summed E-state index contributed by atoms with van der Waals surface area (Å²) in [6.45, 7) is 7.06. The molecule has 3 heteroatoms. The molecule has 1 fully saturated rings. The van der Waals surface area contributed by atoms with Crippen molar-refractivity contribution in [1.82, 2.24) is 0 Å². The summed E-state index contributed by atoms with van der Waals surface area (Å²) >= 11 is 0. The number of ether oxygens (including phenoxy) is 1. The van der Waals surface area contributed by atoms with Gasteiger partial charge in [0, 0.05) is 5.92 Å². The fourth-order valence-corrected chi connectivity index (χ4v) is 3.85. The number of fused-ring (bicyclic) bond motifs is 1. The minimum atomic E-state index is -0.808. The molecule has 0 spiro atoms. The van der Waals surface area contributed by atoms with Crippen molar-refractivity contribution < 1.29 is 14.9 Å². The topological polar surface area (TPSA) is 49.7 Å². The van der Waals surface area contributed by atoms with Crippen molar-refractivity contribution in [2.24, 2.45) is 11.3 Å². The summed E-state index contributed by atoms with van der Waals surface area (Å²) in [5.74, 6) is 0.224. The molecule has 2 aliphatic carbocycles. The molecule has 0 saturated heterocycles. The van der Waals surface area contributed by atoms with E-state index in [4.69, 9.17) is 4.74 Å². The monoisotopic (exact) mass is 250 g/mol. The van der Waals surface area contributed by atoms with Crippen LogP contribution in [0.2, 0.25) is 0 Å². The van der Waals surface area contributed by atoms with E-state index < -0.39 is 12.4 Å². The Morgan fingerprint density at radius 1 is 1.17 bits per heavy atom. The van der Waals surface area contributed by atoms with Gasteiger partial charge >= 0.3 is 0 Å². The fourth-order valence-electron chi connectivity index (χ4n) is 3.85. The maximum Gasteiger partial charge on any atom is 0.178 e. The van der Waals surface area contributed by atoms with Crippen molar-refractivity contribution >= 4 is 0 Å². The van der Waals surface area contributed by atoms with Crippen LogP contribution in [0.25, 0.3) is 0 Å². The van der Waals surface area contributed by atoms with Crippen LogP contribution in [-0.2, 0) is 4.74 Å². The average molecular weight is 250 g/mol. The molecule has 0 aromatic carbocycles. The van der Waals surface area contributed by atoms with Gasteiger partial charge in [0.1, 0.15) is 0 Å². The molecule has 18 heavy (non-hydrogen) atoms. The third kappa shape index (κ3) is 1.77. The molecule has 0 bridgehead atoms. The Morgan fingerprint density at radius 3 is 2.61 bits per heavy atom. The van der Waals surface area contributed by atoms with Crippen LogP contribution in [0.15, 0.2) is 22.3 Å². The Labute approximate surface area is 108 Å². The van der Waals surface area contributed by atoms with Crippen molar-refractivity contribution in [3.8, 4) is 0 Å².